The highest BCUT2D eigenvalue weighted by Crippen LogP contribution is 2.23. The Morgan fingerprint density at radius 2 is 1.76 bits per heavy atom. The molecule has 2 heterocycles. The van der Waals surface area contributed by atoms with Gasteiger partial charge in [-0.3, -0.25) is 4.79 Å². The zero-order valence-corrected chi connectivity index (χ0v) is 20.9. The highest BCUT2D eigenvalue weighted by molar-refractivity contribution is 6.00. The summed E-state index contributed by atoms with van der Waals surface area (Å²) in [6, 6.07) is 20.3. The summed E-state index contributed by atoms with van der Waals surface area (Å²) in [5.41, 5.74) is 10.8. The van der Waals surface area contributed by atoms with Crippen molar-refractivity contribution in [1.82, 2.24) is 25.3 Å². The van der Waals surface area contributed by atoms with Crippen LogP contribution in [0.15, 0.2) is 67.0 Å². The van der Waals surface area contributed by atoms with Crippen molar-refractivity contribution in [2.24, 2.45) is 0 Å². The molecule has 0 radical (unpaired) electrons. The lowest BCUT2D eigenvalue weighted by Gasteiger charge is -2.13. The first kappa shape index (κ1) is 24.2. The number of nitrogens with two attached hydrogens (primary N) is 1. The molecular weight excluding hydrogens is 466 g/mol. The fraction of sp³-hybridized carbons (Fsp3) is 0.214. The van der Waals surface area contributed by atoms with Crippen LogP contribution in [0.5, 0.6) is 5.88 Å². The molecule has 5 aromatic rings. The number of benzene rings is 3. The number of aromatic nitrogens is 4. The normalized spacial score (nSPS) is 11.2. The van der Waals surface area contributed by atoms with Crippen molar-refractivity contribution in [1.29, 1.82) is 0 Å². The molecule has 0 aliphatic rings. The number of fused-ring (bicyclic) bond motifs is 2. The summed E-state index contributed by atoms with van der Waals surface area (Å²) in [6.07, 6.45) is 1.97. The average Bonchev–Trinajstić information content (AvgIpc) is 3.38. The standard InChI is InChI=1S/C28H29N7O2/c1-35(2)23-10-9-20-13-22(8-7-21(20)14-23)24(36)11-12-30-15-18-3-5-19(6-4-18)16-37-27-25-26(32-17-31-25)33-28(29)34-27/h3-10,13-14,17,30H,11-12,15-16H2,1-2H3,(H3,29,31,32,33,34). The number of ether oxygens (including phenoxy) is 1. The number of hydrogen-bond donors (Lipinski definition) is 3. The first-order valence-electron chi connectivity index (χ1n) is 12.1. The van der Waals surface area contributed by atoms with Gasteiger partial charge in [0.25, 0.3) is 0 Å². The van der Waals surface area contributed by atoms with Gasteiger partial charge in [-0.15, -0.1) is 0 Å². The summed E-state index contributed by atoms with van der Waals surface area (Å²) >= 11 is 0. The number of rotatable bonds is 10. The predicted octanol–water partition coefficient (Wildman–Crippen LogP) is 4.10. The first-order chi connectivity index (χ1) is 18.0. The molecule has 0 spiro atoms. The fourth-order valence-corrected chi connectivity index (χ4v) is 4.10. The second kappa shape index (κ2) is 10.6. The van der Waals surface area contributed by atoms with Crippen molar-refractivity contribution in [2.75, 3.05) is 31.3 Å². The minimum atomic E-state index is 0.119. The Morgan fingerprint density at radius 3 is 2.57 bits per heavy atom. The fourth-order valence-electron chi connectivity index (χ4n) is 4.10. The third kappa shape index (κ3) is 5.68. The van der Waals surface area contributed by atoms with E-state index < -0.39 is 0 Å². The molecule has 9 nitrogen and oxygen atoms in total. The zero-order chi connectivity index (χ0) is 25.8. The minimum Gasteiger partial charge on any atom is -0.471 e. The van der Waals surface area contributed by atoms with E-state index >= 15 is 0 Å². The molecule has 0 bridgehead atoms. The summed E-state index contributed by atoms with van der Waals surface area (Å²) in [5, 5.41) is 5.57. The Labute approximate surface area is 214 Å². The average molecular weight is 496 g/mol. The molecule has 0 atom stereocenters. The quantitative estimate of drug-likeness (QED) is 0.196. The minimum absolute atomic E-state index is 0.119. The van der Waals surface area contributed by atoms with Crippen molar-refractivity contribution in [2.45, 2.75) is 19.6 Å². The van der Waals surface area contributed by atoms with Crippen molar-refractivity contribution in [3.8, 4) is 5.88 Å². The monoisotopic (exact) mass is 495 g/mol. The van der Waals surface area contributed by atoms with E-state index in [1.54, 1.807) is 0 Å². The van der Waals surface area contributed by atoms with Gasteiger partial charge in [0, 0.05) is 44.9 Å². The van der Waals surface area contributed by atoms with E-state index in [2.05, 4.69) is 48.4 Å². The lowest BCUT2D eigenvalue weighted by Crippen LogP contribution is -2.18. The number of aromatic amines is 1. The third-order valence-electron chi connectivity index (χ3n) is 6.19. The van der Waals surface area contributed by atoms with Gasteiger partial charge in [0.1, 0.15) is 12.1 Å². The van der Waals surface area contributed by atoms with Crippen LogP contribution in [0.25, 0.3) is 21.9 Å². The molecule has 0 unspecified atom stereocenters. The summed E-state index contributed by atoms with van der Waals surface area (Å²) in [6.45, 7) is 1.63. The molecule has 0 saturated heterocycles. The number of ketones is 1. The van der Waals surface area contributed by atoms with Crippen LogP contribution in [0.1, 0.15) is 27.9 Å². The third-order valence-corrected chi connectivity index (χ3v) is 6.19. The van der Waals surface area contributed by atoms with E-state index in [0.29, 0.717) is 43.2 Å². The lowest BCUT2D eigenvalue weighted by atomic mass is 10.0. The van der Waals surface area contributed by atoms with Gasteiger partial charge >= 0.3 is 0 Å². The summed E-state index contributed by atoms with van der Waals surface area (Å²) in [5.74, 6) is 0.629. The first-order valence-corrected chi connectivity index (χ1v) is 12.1. The number of nitrogens with zero attached hydrogens (tertiary/aromatic N) is 4. The van der Waals surface area contributed by atoms with Crippen LogP contribution in [0, 0.1) is 0 Å². The highest BCUT2D eigenvalue weighted by Gasteiger charge is 2.10. The molecule has 4 N–H and O–H groups in total. The van der Waals surface area contributed by atoms with E-state index in [0.717, 1.165) is 33.2 Å². The summed E-state index contributed by atoms with van der Waals surface area (Å²) in [7, 11) is 4.04. The Kier molecular flexibility index (Phi) is 6.96. The molecule has 188 valence electrons. The Balaban J connectivity index is 1.09. The van der Waals surface area contributed by atoms with E-state index in [1.165, 1.54) is 6.33 Å². The van der Waals surface area contributed by atoms with E-state index in [4.69, 9.17) is 10.5 Å². The van der Waals surface area contributed by atoms with E-state index in [-0.39, 0.29) is 11.7 Å². The maximum Gasteiger partial charge on any atom is 0.245 e. The van der Waals surface area contributed by atoms with Gasteiger partial charge in [-0.2, -0.15) is 9.97 Å². The van der Waals surface area contributed by atoms with Crippen LogP contribution in [0.4, 0.5) is 11.6 Å². The van der Waals surface area contributed by atoms with Crippen LogP contribution in [0.2, 0.25) is 0 Å². The van der Waals surface area contributed by atoms with E-state index in [1.807, 2.05) is 56.6 Å². The molecule has 5 rings (SSSR count). The van der Waals surface area contributed by atoms with Gasteiger partial charge in [-0.05, 0) is 40.1 Å². The van der Waals surface area contributed by atoms with Gasteiger partial charge in [-0.25, -0.2) is 4.98 Å². The zero-order valence-electron chi connectivity index (χ0n) is 20.9. The number of anilines is 2. The second-order valence-corrected chi connectivity index (χ2v) is 9.08. The molecule has 0 saturated carbocycles. The highest BCUT2D eigenvalue weighted by atomic mass is 16.5. The van der Waals surface area contributed by atoms with Gasteiger partial charge in [0.2, 0.25) is 11.8 Å². The van der Waals surface area contributed by atoms with Gasteiger partial charge < -0.3 is 25.7 Å². The van der Waals surface area contributed by atoms with Gasteiger partial charge in [0.15, 0.2) is 11.4 Å². The van der Waals surface area contributed by atoms with Crippen molar-refractivity contribution < 1.29 is 9.53 Å². The molecule has 3 aromatic carbocycles. The van der Waals surface area contributed by atoms with Crippen LogP contribution in [-0.4, -0.2) is 46.4 Å². The SMILES string of the molecule is CN(C)c1ccc2cc(C(=O)CCNCc3ccc(COc4nc(N)nc5nc[nH]c45)cc3)ccc2c1. The molecule has 37 heavy (non-hydrogen) atoms. The molecule has 0 fully saturated rings. The van der Waals surface area contributed by atoms with E-state index in [9.17, 15) is 4.79 Å². The number of hydrogen-bond acceptors (Lipinski definition) is 8. The number of Topliss-reactive ketones (excluding diaryl/α,β-unsaturated/α-hetero) is 1. The lowest BCUT2D eigenvalue weighted by molar-refractivity contribution is 0.0982. The number of nitrogen functional groups attached to an aromatic ring is 1. The van der Waals surface area contributed by atoms with Crippen LogP contribution >= 0.6 is 0 Å². The second-order valence-electron chi connectivity index (χ2n) is 9.08. The number of H-pyrrole nitrogens is 1. The molecule has 0 aliphatic carbocycles. The number of nitrogens with one attached hydrogen (secondary N) is 2. The smallest absolute Gasteiger partial charge is 0.245 e. The number of imidazole rings is 1. The molecule has 0 aliphatic heterocycles. The Bertz CT molecular complexity index is 1540. The van der Waals surface area contributed by atoms with Gasteiger partial charge in [0.05, 0.1) is 6.33 Å². The largest absolute Gasteiger partial charge is 0.471 e. The van der Waals surface area contributed by atoms with Crippen LogP contribution in [-0.2, 0) is 13.2 Å². The molecular formula is C28H29N7O2. The summed E-state index contributed by atoms with van der Waals surface area (Å²) in [4.78, 5) is 30.1. The molecule has 9 heteroatoms. The Morgan fingerprint density at radius 1 is 1.00 bits per heavy atom. The van der Waals surface area contributed by atoms with Crippen molar-refractivity contribution >= 4 is 39.4 Å². The van der Waals surface area contributed by atoms with Crippen molar-refractivity contribution in [3.63, 3.8) is 0 Å². The predicted molar refractivity (Wildman–Crippen MR) is 146 cm³/mol. The molecule has 0 amide bonds. The number of carbonyl (C=O) groups is 1. The van der Waals surface area contributed by atoms with Crippen LogP contribution < -0.4 is 20.7 Å². The van der Waals surface area contributed by atoms with Crippen molar-refractivity contribution in [3.05, 3.63) is 83.7 Å². The maximum atomic E-state index is 12.7. The number of carbonyl (C=O) groups excluding carboxylic acids is 1. The summed E-state index contributed by atoms with van der Waals surface area (Å²) < 4.78 is 5.84. The molecule has 2 aromatic heterocycles. The Hall–Kier alpha value is -4.50. The maximum absolute atomic E-state index is 12.7. The van der Waals surface area contributed by atoms with Gasteiger partial charge in [-0.1, -0.05) is 42.5 Å². The topological polar surface area (TPSA) is 122 Å². The van der Waals surface area contributed by atoms with Crippen LogP contribution in [0.3, 0.4) is 0 Å².